The Morgan fingerprint density at radius 2 is 1.80 bits per heavy atom. The van der Waals surface area contributed by atoms with Crippen molar-refractivity contribution in [1.29, 1.82) is 0 Å². The summed E-state index contributed by atoms with van der Waals surface area (Å²) < 4.78 is 48.4. The van der Waals surface area contributed by atoms with Gasteiger partial charge in [0, 0.05) is 31.3 Å². The Labute approximate surface area is 229 Å². The van der Waals surface area contributed by atoms with E-state index in [1.807, 2.05) is 31.2 Å². The van der Waals surface area contributed by atoms with E-state index in [4.69, 9.17) is 10.5 Å². The van der Waals surface area contributed by atoms with Crippen LogP contribution in [0.15, 0.2) is 67.0 Å². The minimum atomic E-state index is -1.21. The Hall–Kier alpha value is -4.15. The van der Waals surface area contributed by atoms with Crippen molar-refractivity contribution in [1.82, 2.24) is 14.5 Å². The molecule has 1 amide bonds. The predicted octanol–water partition coefficient (Wildman–Crippen LogP) is 4.32. The molecule has 0 saturated heterocycles. The Bertz CT molecular complexity index is 1520. The Morgan fingerprint density at radius 3 is 2.55 bits per heavy atom. The van der Waals surface area contributed by atoms with Crippen LogP contribution in [-0.2, 0) is 26.0 Å². The number of nitrogens with two attached hydrogens (primary N) is 1. The number of rotatable bonds is 9. The molecule has 3 N–H and O–H groups in total. The number of imidazole rings is 1. The van der Waals surface area contributed by atoms with Crippen molar-refractivity contribution < 1.29 is 27.8 Å². The summed E-state index contributed by atoms with van der Waals surface area (Å²) in [5.41, 5.74) is 9.65. The molecule has 1 aliphatic rings. The van der Waals surface area contributed by atoms with Gasteiger partial charge in [0.15, 0.2) is 5.69 Å². The van der Waals surface area contributed by atoms with E-state index in [1.165, 1.54) is 23.4 Å². The van der Waals surface area contributed by atoms with Gasteiger partial charge in [-0.1, -0.05) is 31.2 Å². The first-order valence-corrected chi connectivity index (χ1v) is 13.0. The van der Waals surface area contributed by atoms with E-state index in [9.17, 15) is 23.1 Å². The first-order valence-electron chi connectivity index (χ1n) is 13.0. The second kappa shape index (κ2) is 11.5. The summed E-state index contributed by atoms with van der Waals surface area (Å²) in [5, 5.41) is 11.0. The van der Waals surface area contributed by atoms with Gasteiger partial charge in [-0.25, -0.2) is 18.2 Å². The molecular weight excluding hydrogens is 521 g/mol. The molecule has 0 radical (unpaired) electrons. The van der Waals surface area contributed by atoms with Crippen LogP contribution < -0.4 is 10.5 Å². The molecule has 2 atom stereocenters. The number of benzene rings is 3. The molecule has 4 aromatic rings. The number of hydrogen-bond donors (Lipinski definition) is 2. The lowest BCUT2D eigenvalue weighted by molar-refractivity contribution is 0.0547. The van der Waals surface area contributed by atoms with Crippen molar-refractivity contribution in [2.24, 2.45) is 5.73 Å². The maximum Gasteiger partial charge on any atom is 0.274 e. The van der Waals surface area contributed by atoms with E-state index in [0.29, 0.717) is 22.7 Å². The Kier molecular flexibility index (Phi) is 7.90. The first-order chi connectivity index (χ1) is 19.2. The van der Waals surface area contributed by atoms with Crippen LogP contribution in [0.4, 0.5) is 13.2 Å². The molecule has 10 heteroatoms. The summed E-state index contributed by atoms with van der Waals surface area (Å²) in [7, 11) is 0. The van der Waals surface area contributed by atoms with Gasteiger partial charge in [-0.3, -0.25) is 9.36 Å². The highest BCUT2D eigenvalue weighted by Crippen LogP contribution is 2.32. The third-order valence-electron chi connectivity index (χ3n) is 6.97. The molecule has 1 aliphatic heterocycles. The van der Waals surface area contributed by atoms with E-state index in [0.717, 1.165) is 35.7 Å². The summed E-state index contributed by atoms with van der Waals surface area (Å²) in [6, 6.07) is 14.1. The standard InChI is InChI=1S/C30H29F3N4O3/c1-2-18-4-3-5-19(8-18)14-36(15-27(38)24(34)11-20-9-22(32)12-23(33)10-20)30(39)29-26-16-40-28-13-21(31)6-7-25(28)37(26)17-35-29/h3-10,12-13,17,24,27,38H,2,11,14-16,34H2,1H3/t24-,27+/m0/s1. The molecule has 3 aromatic carbocycles. The van der Waals surface area contributed by atoms with Gasteiger partial charge in [-0.15, -0.1) is 0 Å². The molecule has 0 spiro atoms. The average molecular weight is 551 g/mol. The molecule has 40 heavy (non-hydrogen) atoms. The van der Waals surface area contributed by atoms with Gasteiger partial charge < -0.3 is 20.5 Å². The molecule has 1 aromatic heterocycles. The van der Waals surface area contributed by atoms with Gasteiger partial charge in [0.05, 0.1) is 17.5 Å². The number of amides is 1. The SMILES string of the molecule is CCc1cccc(CN(C[C@@H](O)[C@@H](N)Cc2cc(F)cc(F)c2)C(=O)c2ncn3c2COc2cc(F)ccc2-3)c1. The number of aliphatic hydroxyl groups excluding tert-OH is 1. The number of ether oxygens (including phenoxy) is 1. The monoisotopic (exact) mass is 550 g/mol. The van der Waals surface area contributed by atoms with Crippen molar-refractivity contribution in [3.63, 3.8) is 0 Å². The lowest BCUT2D eigenvalue weighted by Gasteiger charge is -2.29. The molecule has 5 rings (SSSR count). The quantitative estimate of drug-likeness (QED) is 0.324. The summed E-state index contributed by atoms with van der Waals surface area (Å²) in [5.74, 6) is -2.02. The van der Waals surface area contributed by atoms with E-state index < -0.39 is 35.5 Å². The predicted molar refractivity (Wildman–Crippen MR) is 142 cm³/mol. The number of aryl methyl sites for hydroxylation is 1. The van der Waals surface area contributed by atoms with Crippen molar-refractivity contribution in [2.75, 3.05) is 6.54 Å². The van der Waals surface area contributed by atoms with Crippen LogP contribution in [0.5, 0.6) is 5.75 Å². The molecule has 0 aliphatic carbocycles. The van der Waals surface area contributed by atoms with E-state index >= 15 is 0 Å². The summed E-state index contributed by atoms with van der Waals surface area (Å²) in [6.45, 7) is 2.05. The van der Waals surface area contributed by atoms with Crippen LogP contribution in [-0.4, -0.2) is 44.2 Å². The fraction of sp³-hybridized carbons (Fsp3) is 0.267. The minimum absolute atomic E-state index is 0.00386. The van der Waals surface area contributed by atoms with Crippen LogP contribution in [0.1, 0.15) is 39.8 Å². The Morgan fingerprint density at radius 1 is 1.05 bits per heavy atom. The van der Waals surface area contributed by atoms with E-state index in [-0.39, 0.29) is 31.8 Å². The lowest BCUT2D eigenvalue weighted by atomic mass is 10.0. The molecule has 0 bridgehead atoms. The molecule has 0 saturated carbocycles. The van der Waals surface area contributed by atoms with Crippen LogP contribution in [0.3, 0.4) is 0 Å². The van der Waals surface area contributed by atoms with Crippen LogP contribution in [0, 0.1) is 17.5 Å². The van der Waals surface area contributed by atoms with Gasteiger partial charge >= 0.3 is 0 Å². The number of aromatic nitrogens is 2. The third-order valence-corrected chi connectivity index (χ3v) is 6.97. The third kappa shape index (κ3) is 5.88. The average Bonchev–Trinajstić information content (AvgIpc) is 3.36. The number of aliphatic hydroxyl groups is 1. The number of carbonyl (C=O) groups is 1. The topological polar surface area (TPSA) is 93.6 Å². The number of nitrogens with zero attached hydrogens (tertiary/aromatic N) is 3. The number of hydrogen-bond acceptors (Lipinski definition) is 5. The summed E-state index contributed by atoms with van der Waals surface area (Å²) >= 11 is 0. The van der Waals surface area contributed by atoms with Crippen molar-refractivity contribution in [2.45, 2.75) is 45.1 Å². The number of fused-ring (bicyclic) bond motifs is 3. The maximum atomic E-state index is 13.9. The van der Waals surface area contributed by atoms with E-state index in [2.05, 4.69) is 4.98 Å². The second-order valence-electron chi connectivity index (χ2n) is 9.88. The largest absolute Gasteiger partial charge is 0.485 e. The highest BCUT2D eigenvalue weighted by molar-refractivity contribution is 5.93. The summed E-state index contributed by atoms with van der Waals surface area (Å²) in [4.78, 5) is 19.7. The number of halogens is 3. The van der Waals surface area contributed by atoms with Crippen molar-refractivity contribution in [3.05, 3.63) is 113 Å². The fourth-order valence-corrected chi connectivity index (χ4v) is 4.88. The molecule has 2 heterocycles. The lowest BCUT2D eigenvalue weighted by Crippen LogP contribution is -2.46. The zero-order chi connectivity index (χ0) is 28.4. The molecular formula is C30H29F3N4O3. The van der Waals surface area contributed by atoms with Gasteiger partial charge in [0.2, 0.25) is 0 Å². The highest BCUT2D eigenvalue weighted by atomic mass is 19.1. The van der Waals surface area contributed by atoms with Crippen LogP contribution in [0.2, 0.25) is 0 Å². The zero-order valence-corrected chi connectivity index (χ0v) is 21.9. The van der Waals surface area contributed by atoms with Crippen molar-refractivity contribution >= 4 is 5.91 Å². The minimum Gasteiger partial charge on any atom is -0.485 e. The highest BCUT2D eigenvalue weighted by Gasteiger charge is 2.30. The van der Waals surface area contributed by atoms with Gasteiger partial charge in [0.25, 0.3) is 5.91 Å². The van der Waals surface area contributed by atoms with Gasteiger partial charge in [-0.05, 0) is 53.8 Å². The van der Waals surface area contributed by atoms with Crippen molar-refractivity contribution in [3.8, 4) is 11.4 Å². The summed E-state index contributed by atoms with van der Waals surface area (Å²) in [6.07, 6.45) is 1.09. The molecule has 7 nitrogen and oxygen atoms in total. The Balaban J connectivity index is 1.42. The fourth-order valence-electron chi connectivity index (χ4n) is 4.88. The van der Waals surface area contributed by atoms with Crippen LogP contribution >= 0.6 is 0 Å². The molecule has 208 valence electrons. The second-order valence-corrected chi connectivity index (χ2v) is 9.88. The molecule has 0 fully saturated rings. The normalized spacial score (nSPS) is 13.7. The zero-order valence-electron chi connectivity index (χ0n) is 21.9. The number of carbonyl (C=O) groups excluding carboxylic acids is 1. The van der Waals surface area contributed by atoms with E-state index in [1.54, 1.807) is 10.6 Å². The van der Waals surface area contributed by atoms with Gasteiger partial charge in [-0.2, -0.15) is 0 Å². The molecule has 0 unspecified atom stereocenters. The van der Waals surface area contributed by atoms with Crippen LogP contribution in [0.25, 0.3) is 5.69 Å². The maximum absolute atomic E-state index is 13.9. The smallest absolute Gasteiger partial charge is 0.274 e. The van der Waals surface area contributed by atoms with Gasteiger partial charge in [0.1, 0.15) is 36.1 Å². The first kappa shape index (κ1) is 27.4.